The zero-order chi connectivity index (χ0) is 19.6. The topological polar surface area (TPSA) is 97.4 Å². The van der Waals surface area contributed by atoms with Crippen molar-refractivity contribution < 1.29 is 23.5 Å². The summed E-state index contributed by atoms with van der Waals surface area (Å²) in [7, 11) is 0. The first-order valence-electron chi connectivity index (χ1n) is 7.31. The Bertz CT molecular complexity index is 766. The Kier molecular flexibility index (Phi) is 6.55. The third-order valence-electron chi connectivity index (χ3n) is 3.29. The maximum Gasteiger partial charge on any atom is 0.342 e. The summed E-state index contributed by atoms with van der Waals surface area (Å²) in [5.41, 5.74) is -0.634. The Morgan fingerprint density at radius 3 is 2.42 bits per heavy atom. The van der Waals surface area contributed by atoms with E-state index in [0.29, 0.717) is 0 Å². The van der Waals surface area contributed by atoms with Crippen molar-refractivity contribution in [2.75, 3.05) is 11.9 Å². The van der Waals surface area contributed by atoms with Gasteiger partial charge in [-0.15, -0.1) is 0 Å². The molecule has 0 atom stereocenters. The lowest BCUT2D eigenvalue weighted by Gasteiger charge is -2.16. The highest BCUT2D eigenvalue weighted by Crippen LogP contribution is 2.44. The fourth-order valence-electron chi connectivity index (χ4n) is 2.05. The minimum atomic E-state index is -2.41. The lowest BCUT2D eigenvalue weighted by Crippen LogP contribution is -2.41. The lowest BCUT2D eigenvalue weighted by atomic mass is 10.1. The van der Waals surface area contributed by atoms with Gasteiger partial charge in [0.25, 0.3) is 9.70 Å². The number of nitrogens with one attached hydrogen (secondary N) is 2. The number of nitrogens with zero attached hydrogens (tertiary/aromatic N) is 1. The molecule has 1 aromatic rings. The van der Waals surface area contributed by atoms with E-state index in [9.17, 15) is 18.8 Å². The van der Waals surface area contributed by atoms with Gasteiger partial charge in [-0.3, -0.25) is 10.1 Å². The highest BCUT2D eigenvalue weighted by molar-refractivity contribution is 6.76. The second-order valence-electron chi connectivity index (χ2n) is 5.25. The average Bonchev–Trinajstić information content (AvgIpc) is 3.35. The summed E-state index contributed by atoms with van der Waals surface area (Å²) >= 11 is 21.8. The van der Waals surface area contributed by atoms with E-state index in [0.717, 1.165) is 12.8 Å². The van der Waals surface area contributed by atoms with Crippen LogP contribution in [-0.4, -0.2) is 33.3 Å². The number of hydrogen-bond donors (Lipinski definition) is 2. The van der Waals surface area contributed by atoms with Gasteiger partial charge < -0.3 is 10.1 Å². The van der Waals surface area contributed by atoms with E-state index in [-0.39, 0.29) is 23.8 Å². The summed E-state index contributed by atoms with van der Waals surface area (Å²) in [5, 5.41) is 3.21. The molecular formula is C14H12Cl4FN3O4. The van der Waals surface area contributed by atoms with Gasteiger partial charge in [-0.1, -0.05) is 46.4 Å². The number of urea groups is 1. The third-order valence-corrected chi connectivity index (χ3v) is 4.06. The van der Waals surface area contributed by atoms with Gasteiger partial charge in [-0.05, 0) is 19.8 Å². The predicted octanol–water partition coefficient (Wildman–Crippen LogP) is 3.95. The first-order chi connectivity index (χ1) is 12.1. The van der Waals surface area contributed by atoms with Crippen LogP contribution in [0.5, 0.6) is 0 Å². The van der Waals surface area contributed by atoms with Gasteiger partial charge in [0.15, 0.2) is 11.0 Å². The monoisotopic (exact) mass is 445 g/mol. The number of amides is 3. The van der Waals surface area contributed by atoms with E-state index >= 15 is 0 Å². The van der Waals surface area contributed by atoms with E-state index in [1.54, 1.807) is 12.2 Å². The molecule has 1 aliphatic rings. The summed E-state index contributed by atoms with van der Waals surface area (Å²) in [5.74, 6) is -3.42. The van der Waals surface area contributed by atoms with Crippen molar-refractivity contribution in [2.45, 2.75) is 29.5 Å². The van der Waals surface area contributed by atoms with Crippen molar-refractivity contribution in [3.05, 3.63) is 22.2 Å². The van der Waals surface area contributed by atoms with Gasteiger partial charge in [0.2, 0.25) is 0 Å². The van der Waals surface area contributed by atoms with Crippen LogP contribution in [-0.2, 0) is 9.53 Å². The molecule has 26 heavy (non-hydrogen) atoms. The first-order valence-corrected chi connectivity index (χ1v) is 8.82. The SMILES string of the molecule is CCOC(=O)c1c(C2CC2)nc(Cl)c(F)c1NC(=O)NC(=O)C(Cl)(Cl)Cl. The minimum absolute atomic E-state index is 0.0184. The molecule has 1 saturated carbocycles. The molecule has 12 heteroatoms. The van der Waals surface area contributed by atoms with E-state index in [2.05, 4.69) is 4.98 Å². The number of aromatic nitrogens is 1. The summed E-state index contributed by atoms with van der Waals surface area (Å²) < 4.78 is 17.0. The molecule has 1 heterocycles. The Balaban J connectivity index is 2.41. The Morgan fingerprint density at radius 2 is 1.92 bits per heavy atom. The maximum absolute atomic E-state index is 14.5. The number of ether oxygens (including phenoxy) is 1. The maximum atomic E-state index is 14.5. The minimum Gasteiger partial charge on any atom is -0.462 e. The molecule has 1 aliphatic carbocycles. The number of anilines is 1. The number of carbonyl (C=O) groups is 3. The highest BCUT2D eigenvalue weighted by atomic mass is 35.6. The van der Waals surface area contributed by atoms with Gasteiger partial charge in [-0.2, -0.15) is 0 Å². The van der Waals surface area contributed by atoms with Crippen LogP contribution in [0.3, 0.4) is 0 Å². The fraction of sp³-hybridized carbons (Fsp3) is 0.429. The summed E-state index contributed by atoms with van der Waals surface area (Å²) in [6, 6.07) is -1.23. The number of esters is 1. The van der Waals surface area contributed by atoms with Gasteiger partial charge in [0, 0.05) is 5.92 Å². The largest absolute Gasteiger partial charge is 0.462 e. The van der Waals surface area contributed by atoms with Gasteiger partial charge in [0.1, 0.15) is 5.56 Å². The number of halogens is 5. The molecule has 142 valence electrons. The number of alkyl halides is 3. The molecule has 0 spiro atoms. The van der Waals surface area contributed by atoms with Gasteiger partial charge in [-0.25, -0.2) is 19.0 Å². The van der Waals surface area contributed by atoms with Crippen molar-refractivity contribution in [3.8, 4) is 0 Å². The molecule has 3 amide bonds. The Hall–Kier alpha value is -1.35. The molecule has 0 bridgehead atoms. The first kappa shape index (κ1) is 21.0. The number of imide groups is 1. The van der Waals surface area contributed by atoms with Crippen LogP contribution in [0, 0.1) is 5.82 Å². The van der Waals surface area contributed by atoms with Crippen LogP contribution < -0.4 is 10.6 Å². The van der Waals surface area contributed by atoms with Crippen molar-refractivity contribution in [3.63, 3.8) is 0 Å². The molecule has 0 unspecified atom stereocenters. The van der Waals surface area contributed by atoms with Crippen LogP contribution in [0.2, 0.25) is 5.15 Å². The normalized spacial score (nSPS) is 13.9. The molecule has 0 radical (unpaired) electrons. The molecule has 0 aliphatic heterocycles. The highest BCUT2D eigenvalue weighted by Gasteiger charge is 2.36. The Labute approximate surface area is 167 Å². The van der Waals surface area contributed by atoms with Crippen LogP contribution >= 0.6 is 46.4 Å². The van der Waals surface area contributed by atoms with Gasteiger partial charge in [0.05, 0.1) is 18.0 Å². The molecule has 2 N–H and O–H groups in total. The van der Waals surface area contributed by atoms with Crippen LogP contribution in [0.4, 0.5) is 14.9 Å². The molecule has 2 rings (SSSR count). The number of rotatable bonds is 4. The van der Waals surface area contributed by atoms with Crippen molar-refractivity contribution in [2.24, 2.45) is 0 Å². The van der Waals surface area contributed by atoms with Crippen molar-refractivity contribution in [1.82, 2.24) is 10.3 Å². The van der Waals surface area contributed by atoms with Crippen molar-refractivity contribution in [1.29, 1.82) is 0 Å². The Morgan fingerprint density at radius 1 is 1.31 bits per heavy atom. The van der Waals surface area contributed by atoms with E-state index in [4.69, 9.17) is 51.1 Å². The quantitative estimate of drug-likeness (QED) is 0.414. The second-order valence-corrected chi connectivity index (χ2v) is 7.89. The summed E-state index contributed by atoms with van der Waals surface area (Å²) in [6.07, 6.45) is 1.44. The summed E-state index contributed by atoms with van der Waals surface area (Å²) in [4.78, 5) is 39.7. The molecule has 7 nitrogen and oxygen atoms in total. The molecular weight excluding hydrogens is 435 g/mol. The van der Waals surface area contributed by atoms with Crippen molar-refractivity contribution >= 4 is 70.0 Å². The molecule has 0 aromatic carbocycles. The number of hydrogen-bond acceptors (Lipinski definition) is 5. The molecule has 1 aromatic heterocycles. The zero-order valence-corrected chi connectivity index (χ0v) is 16.2. The predicted molar refractivity (Wildman–Crippen MR) is 94.6 cm³/mol. The van der Waals surface area contributed by atoms with Crippen LogP contribution in [0.25, 0.3) is 0 Å². The lowest BCUT2D eigenvalue weighted by molar-refractivity contribution is -0.119. The van der Waals surface area contributed by atoms with Gasteiger partial charge >= 0.3 is 12.0 Å². The zero-order valence-electron chi connectivity index (χ0n) is 13.2. The molecule has 1 fully saturated rings. The van der Waals surface area contributed by atoms with Crippen LogP contribution in [0.1, 0.15) is 41.7 Å². The van der Waals surface area contributed by atoms with E-state index in [1.807, 2.05) is 5.32 Å². The molecule has 0 saturated heterocycles. The average molecular weight is 447 g/mol. The summed E-state index contributed by atoms with van der Waals surface area (Å²) in [6.45, 7) is 1.58. The smallest absolute Gasteiger partial charge is 0.342 e. The number of carbonyl (C=O) groups excluding carboxylic acids is 3. The second kappa shape index (κ2) is 8.12. The van der Waals surface area contributed by atoms with E-state index in [1.165, 1.54) is 0 Å². The third kappa shape index (κ3) is 4.88. The number of pyridine rings is 1. The van der Waals surface area contributed by atoms with E-state index < -0.39 is 38.4 Å². The fourth-order valence-corrected chi connectivity index (χ4v) is 2.38. The standard InChI is InChI=1S/C14H12Cl4FN3O4/c1-2-26-11(23)6-8(5-3-4-5)20-10(15)7(19)9(6)21-13(25)22-12(24)14(16,17)18/h5H,2-4H2,1H3,(H2,20,21,22,24,25). The van der Waals surface area contributed by atoms with Crippen LogP contribution in [0.15, 0.2) is 0 Å².